The van der Waals surface area contributed by atoms with Gasteiger partial charge in [0.15, 0.2) is 0 Å². The lowest BCUT2D eigenvalue weighted by atomic mass is 9.73. The Hall–Kier alpha value is -1.06. The van der Waals surface area contributed by atoms with E-state index in [2.05, 4.69) is 5.32 Å². The quantitative estimate of drug-likeness (QED) is 0.858. The molecule has 2 heterocycles. The first-order chi connectivity index (χ1) is 8.82. The van der Waals surface area contributed by atoms with Crippen molar-refractivity contribution in [2.75, 3.05) is 24.5 Å². The third kappa shape index (κ3) is 2.63. The van der Waals surface area contributed by atoms with Gasteiger partial charge in [0.05, 0.1) is 5.41 Å². The molecule has 2 saturated heterocycles. The number of nitrogens with zero attached hydrogens (tertiary/aromatic N) is 1. The second-order valence-electron chi connectivity index (χ2n) is 5.46. The van der Waals surface area contributed by atoms with Crippen LogP contribution in [0.5, 0.6) is 0 Å². The Bertz CT molecular complexity index is 424. The van der Waals surface area contributed by atoms with Crippen molar-refractivity contribution in [2.45, 2.75) is 25.7 Å². The van der Waals surface area contributed by atoms with E-state index in [1.807, 2.05) is 35.2 Å². The summed E-state index contributed by atoms with van der Waals surface area (Å²) in [4.78, 5) is 14.8. The van der Waals surface area contributed by atoms with Crippen molar-refractivity contribution in [2.24, 2.45) is 5.41 Å². The molecule has 2 aliphatic rings. The maximum atomic E-state index is 12.8. The predicted molar refractivity (Wildman–Crippen MR) is 79.8 cm³/mol. The van der Waals surface area contributed by atoms with E-state index < -0.39 is 0 Å². The van der Waals surface area contributed by atoms with Gasteiger partial charge in [0.2, 0.25) is 5.91 Å². The molecule has 19 heavy (non-hydrogen) atoms. The Balaban J connectivity index is 0.00000133. The number of hydrogen-bond donors (Lipinski definition) is 1. The number of hydrogen-bond acceptors (Lipinski definition) is 2. The summed E-state index contributed by atoms with van der Waals surface area (Å²) in [5.41, 5.74) is 0.916. The highest BCUT2D eigenvalue weighted by Gasteiger charge is 2.44. The fraction of sp³-hybridized carbons (Fsp3) is 0.533. The Kier molecular flexibility index (Phi) is 4.48. The summed E-state index contributed by atoms with van der Waals surface area (Å²) in [7, 11) is 0. The Morgan fingerprint density at radius 3 is 2.53 bits per heavy atom. The summed E-state index contributed by atoms with van der Waals surface area (Å²) in [6.07, 6.45) is 4.32. The van der Waals surface area contributed by atoms with Crippen molar-refractivity contribution in [1.82, 2.24) is 5.32 Å². The van der Waals surface area contributed by atoms with Crippen molar-refractivity contribution in [1.29, 1.82) is 0 Å². The van der Waals surface area contributed by atoms with E-state index in [9.17, 15) is 4.79 Å². The molecule has 3 nitrogen and oxygen atoms in total. The van der Waals surface area contributed by atoms with Crippen LogP contribution in [0.3, 0.4) is 0 Å². The van der Waals surface area contributed by atoms with Crippen molar-refractivity contribution in [3.8, 4) is 0 Å². The second-order valence-corrected chi connectivity index (χ2v) is 5.46. The zero-order valence-corrected chi connectivity index (χ0v) is 11.9. The van der Waals surface area contributed by atoms with Gasteiger partial charge in [0, 0.05) is 18.8 Å². The van der Waals surface area contributed by atoms with E-state index >= 15 is 0 Å². The summed E-state index contributed by atoms with van der Waals surface area (Å²) < 4.78 is 0. The highest BCUT2D eigenvalue weighted by atomic mass is 35.5. The number of halogens is 1. The number of nitrogens with one attached hydrogen (secondary N) is 1. The molecule has 0 saturated carbocycles. The number of benzene rings is 1. The van der Waals surface area contributed by atoms with E-state index in [1.165, 1.54) is 0 Å². The highest BCUT2D eigenvalue weighted by Crippen LogP contribution is 2.38. The second kappa shape index (κ2) is 5.93. The Labute approximate surface area is 120 Å². The third-order valence-corrected chi connectivity index (χ3v) is 4.28. The van der Waals surface area contributed by atoms with Gasteiger partial charge < -0.3 is 10.2 Å². The summed E-state index contributed by atoms with van der Waals surface area (Å²) in [5.74, 6) is 0.326. The first-order valence-electron chi connectivity index (χ1n) is 6.90. The number of carbonyl (C=O) groups excluding carboxylic acids is 1. The molecule has 2 fully saturated rings. The van der Waals surface area contributed by atoms with Crippen molar-refractivity contribution >= 4 is 24.0 Å². The van der Waals surface area contributed by atoms with Crippen LogP contribution in [0, 0.1) is 5.41 Å². The van der Waals surface area contributed by atoms with Crippen LogP contribution in [-0.4, -0.2) is 25.5 Å². The van der Waals surface area contributed by atoms with E-state index in [4.69, 9.17) is 0 Å². The lowest BCUT2D eigenvalue weighted by molar-refractivity contribution is -0.131. The number of anilines is 1. The molecule has 1 spiro atoms. The van der Waals surface area contributed by atoms with E-state index in [0.29, 0.717) is 5.91 Å². The lowest BCUT2D eigenvalue weighted by Gasteiger charge is -2.44. The average molecular weight is 281 g/mol. The summed E-state index contributed by atoms with van der Waals surface area (Å²) in [6.45, 7) is 2.78. The van der Waals surface area contributed by atoms with Crippen molar-refractivity contribution in [3.05, 3.63) is 30.3 Å². The number of para-hydroxylation sites is 1. The van der Waals surface area contributed by atoms with Gasteiger partial charge >= 0.3 is 0 Å². The summed E-state index contributed by atoms with van der Waals surface area (Å²) in [5, 5.41) is 3.40. The predicted octanol–water partition coefficient (Wildman–Crippen LogP) is 2.60. The smallest absolute Gasteiger partial charge is 0.234 e. The molecular weight excluding hydrogens is 260 g/mol. The number of piperidine rings is 2. The molecule has 4 heteroatoms. The van der Waals surface area contributed by atoms with Crippen LogP contribution < -0.4 is 10.2 Å². The van der Waals surface area contributed by atoms with Gasteiger partial charge in [-0.3, -0.25) is 4.79 Å². The standard InChI is InChI=1S/C15H20N2O.ClH/c18-14-15(8-4-10-16-12-15)9-5-11-17(14)13-6-2-1-3-7-13;/h1-3,6-7,16H,4-5,8-12H2;1H. The van der Waals surface area contributed by atoms with E-state index in [-0.39, 0.29) is 17.8 Å². The van der Waals surface area contributed by atoms with E-state index in [0.717, 1.165) is 51.0 Å². The molecule has 1 atom stereocenters. The molecular formula is C15H21ClN2O. The van der Waals surface area contributed by atoms with Crippen LogP contribution in [0.1, 0.15) is 25.7 Å². The minimum Gasteiger partial charge on any atom is -0.316 e. The van der Waals surface area contributed by atoms with Crippen LogP contribution in [0.15, 0.2) is 30.3 Å². The molecule has 1 aromatic rings. The topological polar surface area (TPSA) is 32.3 Å². The summed E-state index contributed by atoms with van der Waals surface area (Å²) in [6, 6.07) is 10.1. The zero-order chi connectivity index (χ0) is 12.4. The molecule has 1 aromatic carbocycles. The highest BCUT2D eigenvalue weighted by molar-refractivity contribution is 5.98. The minimum atomic E-state index is -0.133. The monoisotopic (exact) mass is 280 g/mol. The fourth-order valence-electron chi connectivity index (χ4n) is 3.29. The Morgan fingerprint density at radius 2 is 1.84 bits per heavy atom. The van der Waals surface area contributed by atoms with Crippen LogP contribution in [0.2, 0.25) is 0 Å². The summed E-state index contributed by atoms with van der Waals surface area (Å²) >= 11 is 0. The van der Waals surface area contributed by atoms with Gasteiger partial charge in [-0.05, 0) is 44.4 Å². The molecule has 1 unspecified atom stereocenters. The normalized spacial score (nSPS) is 27.2. The SMILES string of the molecule is Cl.O=C1N(c2ccccc2)CCCC12CCCNC2. The molecule has 1 amide bonds. The van der Waals surface area contributed by atoms with Crippen LogP contribution >= 0.6 is 12.4 Å². The molecule has 2 aliphatic heterocycles. The molecule has 1 N–H and O–H groups in total. The van der Waals surface area contributed by atoms with Gasteiger partial charge in [0.25, 0.3) is 0 Å². The van der Waals surface area contributed by atoms with Gasteiger partial charge in [-0.1, -0.05) is 18.2 Å². The van der Waals surface area contributed by atoms with Gasteiger partial charge in [0.1, 0.15) is 0 Å². The molecule has 0 radical (unpaired) electrons. The van der Waals surface area contributed by atoms with Crippen molar-refractivity contribution in [3.63, 3.8) is 0 Å². The van der Waals surface area contributed by atoms with Crippen LogP contribution in [0.25, 0.3) is 0 Å². The average Bonchev–Trinajstić information content (AvgIpc) is 2.44. The molecule has 0 aromatic heterocycles. The van der Waals surface area contributed by atoms with E-state index in [1.54, 1.807) is 0 Å². The van der Waals surface area contributed by atoms with Crippen LogP contribution in [-0.2, 0) is 4.79 Å². The van der Waals surface area contributed by atoms with Gasteiger partial charge in [-0.15, -0.1) is 12.4 Å². The maximum absolute atomic E-state index is 12.8. The number of carbonyl (C=O) groups is 1. The zero-order valence-electron chi connectivity index (χ0n) is 11.1. The third-order valence-electron chi connectivity index (χ3n) is 4.28. The fourth-order valence-corrected chi connectivity index (χ4v) is 3.29. The van der Waals surface area contributed by atoms with Gasteiger partial charge in [-0.2, -0.15) is 0 Å². The molecule has 3 rings (SSSR count). The minimum absolute atomic E-state index is 0. The number of rotatable bonds is 1. The van der Waals surface area contributed by atoms with Gasteiger partial charge in [-0.25, -0.2) is 0 Å². The first-order valence-corrected chi connectivity index (χ1v) is 6.90. The maximum Gasteiger partial charge on any atom is 0.234 e. The Morgan fingerprint density at radius 1 is 1.11 bits per heavy atom. The first kappa shape index (κ1) is 14.4. The number of amides is 1. The molecule has 0 bridgehead atoms. The largest absolute Gasteiger partial charge is 0.316 e. The lowest BCUT2D eigenvalue weighted by Crippen LogP contribution is -2.55. The van der Waals surface area contributed by atoms with Crippen LogP contribution in [0.4, 0.5) is 5.69 Å². The van der Waals surface area contributed by atoms with Crippen molar-refractivity contribution < 1.29 is 4.79 Å². The molecule has 104 valence electrons. The molecule has 0 aliphatic carbocycles.